The van der Waals surface area contributed by atoms with E-state index in [0.717, 1.165) is 14.7 Å². The van der Waals surface area contributed by atoms with Gasteiger partial charge in [-0.1, -0.05) is 12.1 Å². The minimum absolute atomic E-state index is 0.0720. The first kappa shape index (κ1) is 26.2. The number of nitriles is 1. The second kappa shape index (κ2) is 11.8. The number of carbonyl (C=O) groups excluding carboxylic acids is 1. The van der Waals surface area contributed by atoms with Crippen LogP contribution in [-0.4, -0.2) is 13.0 Å². The summed E-state index contributed by atoms with van der Waals surface area (Å²) in [6.07, 6.45) is 1.49. The van der Waals surface area contributed by atoms with Crippen LogP contribution in [0.25, 0.3) is 6.08 Å². The number of amides is 1. The van der Waals surface area contributed by atoms with Crippen LogP contribution in [0.4, 0.5) is 10.1 Å². The number of ether oxygens (including phenoxy) is 2. The molecule has 174 valence electrons. The lowest BCUT2D eigenvalue weighted by Gasteiger charge is -2.14. The van der Waals surface area contributed by atoms with Gasteiger partial charge in [-0.2, -0.15) is 5.26 Å². The lowest BCUT2D eigenvalue weighted by atomic mass is 10.1. The summed E-state index contributed by atoms with van der Waals surface area (Å²) >= 11 is 8.98. The molecule has 0 unspecified atom stereocenters. The molecule has 0 aliphatic rings. The zero-order chi connectivity index (χ0) is 24.8. The molecule has 3 rings (SSSR count). The quantitative estimate of drug-likeness (QED) is 0.159. The Hall–Kier alpha value is -2.42. The van der Waals surface area contributed by atoms with Crippen molar-refractivity contribution >= 4 is 72.1 Å². The number of benzene rings is 3. The SMILES string of the molecule is COc1cc(/C=C(\C#N)C(=O)Nc2c(Br)cc(C)cc2Br)cc(I)c1OCc1ccc(F)cc1. The maximum Gasteiger partial charge on any atom is 0.266 e. The molecule has 0 aliphatic carbocycles. The summed E-state index contributed by atoms with van der Waals surface area (Å²) in [6, 6.07) is 15.2. The van der Waals surface area contributed by atoms with Crippen LogP contribution in [0.2, 0.25) is 0 Å². The van der Waals surface area contributed by atoms with Gasteiger partial charge in [-0.3, -0.25) is 4.79 Å². The first-order valence-electron chi connectivity index (χ1n) is 9.85. The summed E-state index contributed by atoms with van der Waals surface area (Å²) in [4.78, 5) is 12.8. The number of nitrogens with one attached hydrogen (secondary N) is 1. The number of hydrogen-bond acceptors (Lipinski definition) is 4. The number of nitrogens with zero attached hydrogens (tertiary/aromatic N) is 1. The van der Waals surface area contributed by atoms with E-state index in [9.17, 15) is 14.4 Å². The summed E-state index contributed by atoms with van der Waals surface area (Å²) in [7, 11) is 1.51. The van der Waals surface area contributed by atoms with Crippen molar-refractivity contribution in [2.45, 2.75) is 13.5 Å². The van der Waals surface area contributed by atoms with Gasteiger partial charge in [-0.25, -0.2) is 4.39 Å². The molecular formula is C25H18Br2FIN2O3. The zero-order valence-corrected chi connectivity index (χ0v) is 23.4. The van der Waals surface area contributed by atoms with E-state index in [-0.39, 0.29) is 18.0 Å². The Kier molecular flexibility index (Phi) is 9.10. The van der Waals surface area contributed by atoms with Crippen LogP contribution in [0, 0.1) is 27.6 Å². The molecule has 34 heavy (non-hydrogen) atoms. The van der Waals surface area contributed by atoms with Gasteiger partial charge >= 0.3 is 0 Å². The third kappa shape index (κ3) is 6.58. The molecule has 0 spiro atoms. The predicted octanol–water partition coefficient (Wildman–Crippen LogP) is 7.40. The van der Waals surface area contributed by atoms with Gasteiger partial charge in [-0.05, 0) is 121 Å². The molecule has 3 aromatic carbocycles. The van der Waals surface area contributed by atoms with Crippen LogP contribution in [0.15, 0.2) is 63.0 Å². The number of anilines is 1. The van der Waals surface area contributed by atoms with Crippen molar-refractivity contribution in [3.8, 4) is 17.6 Å². The highest BCUT2D eigenvalue weighted by Crippen LogP contribution is 2.36. The molecule has 3 aromatic rings. The van der Waals surface area contributed by atoms with Crippen LogP contribution in [0.5, 0.6) is 11.5 Å². The third-order valence-electron chi connectivity index (χ3n) is 4.65. The van der Waals surface area contributed by atoms with Gasteiger partial charge in [0.05, 0.1) is 16.4 Å². The van der Waals surface area contributed by atoms with E-state index in [2.05, 4.69) is 59.8 Å². The largest absolute Gasteiger partial charge is 0.493 e. The third-order valence-corrected chi connectivity index (χ3v) is 6.70. The summed E-state index contributed by atoms with van der Waals surface area (Å²) in [5, 5.41) is 12.4. The van der Waals surface area contributed by atoms with Crippen LogP contribution < -0.4 is 14.8 Å². The topological polar surface area (TPSA) is 71.3 Å². The minimum Gasteiger partial charge on any atom is -0.493 e. The molecule has 0 bridgehead atoms. The molecule has 0 radical (unpaired) electrons. The Morgan fingerprint density at radius 1 is 1.18 bits per heavy atom. The van der Waals surface area contributed by atoms with Crippen LogP contribution in [-0.2, 0) is 11.4 Å². The summed E-state index contributed by atoms with van der Waals surface area (Å²) < 4.78 is 26.6. The van der Waals surface area contributed by atoms with Gasteiger partial charge in [0.1, 0.15) is 24.1 Å². The number of rotatable bonds is 7. The molecule has 0 saturated carbocycles. The van der Waals surface area contributed by atoms with E-state index >= 15 is 0 Å². The molecule has 1 N–H and O–H groups in total. The van der Waals surface area contributed by atoms with Crippen molar-refractivity contribution in [1.82, 2.24) is 0 Å². The normalized spacial score (nSPS) is 11.0. The predicted molar refractivity (Wildman–Crippen MR) is 145 cm³/mol. The second-order valence-corrected chi connectivity index (χ2v) is 10.0. The molecule has 0 aromatic heterocycles. The molecule has 0 fully saturated rings. The fraction of sp³-hybridized carbons (Fsp3) is 0.120. The summed E-state index contributed by atoms with van der Waals surface area (Å²) in [5.41, 5.74) is 2.88. The van der Waals surface area contributed by atoms with Crippen LogP contribution in [0.3, 0.4) is 0 Å². The van der Waals surface area contributed by atoms with Crippen molar-refractivity contribution < 1.29 is 18.7 Å². The lowest BCUT2D eigenvalue weighted by molar-refractivity contribution is -0.112. The van der Waals surface area contributed by atoms with Gasteiger partial charge in [0.25, 0.3) is 5.91 Å². The standard InChI is InChI=1S/C25H18Br2FIN2O3/c1-14-7-19(26)23(20(27)8-14)31-25(32)17(12-30)9-16-10-21(29)24(22(11-16)33-2)34-13-15-3-5-18(28)6-4-15/h3-11H,13H2,1-2H3,(H,31,32)/b17-9+. The number of methoxy groups -OCH3 is 1. The van der Waals surface area contributed by atoms with E-state index < -0.39 is 5.91 Å². The Balaban J connectivity index is 1.84. The Morgan fingerprint density at radius 3 is 2.41 bits per heavy atom. The molecule has 1 amide bonds. The van der Waals surface area contributed by atoms with Gasteiger partial charge < -0.3 is 14.8 Å². The highest BCUT2D eigenvalue weighted by atomic mass is 127. The molecular weight excluding hydrogens is 682 g/mol. The highest BCUT2D eigenvalue weighted by Gasteiger charge is 2.16. The monoisotopic (exact) mass is 698 g/mol. The van der Waals surface area contributed by atoms with Gasteiger partial charge in [-0.15, -0.1) is 0 Å². The van der Waals surface area contributed by atoms with E-state index in [1.165, 1.54) is 25.3 Å². The lowest BCUT2D eigenvalue weighted by Crippen LogP contribution is -2.14. The number of hydrogen-bond donors (Lipinski definition) is 1. The van der Waals surface area contributed by atoms with E-state index in [4.69, 9.17) is 9.47 Å². The first-order valence-corrected chi connectivity index (χ1v) is 12.5. The Labute approximate surface area is 227 Å². The van der Waals surface area contributed by atoms with Crippen molar-refractivity contribution in [1.29, 1.82) is 5.26 Å². The smallest absolute Gasteiger partial charge is 0.266 e. The average molecular weight is 700 g/mol. The minimum atomic E-state index is -0.543. The van der Waals surface area contributed by atoms with Crippen molar-refractivity contribution in [2.24, 2.45) is 0 Å². The van der Waals surface area contributed by atoms with Crippen molar-refractivity contribution in [2.75, 3.05) is 12.4 Å². The maximum absolute atomic E-state index is 13.1. The van der Waals surface area contributed by atoms with Crippen LogP contribution >= 0.6 is 54.5 Å². The van der Waals surface area contributed by atoms with Crippen molar-refractivity contribution in [3.63, 3.8) is 0 Å². The molecule has 5 nitrogen and oxygen atoms in total. The fourth-order valence-electron chi connectivity index (χ4n) is 3.01. The maximum atomic E-state index is 13.1. The first-order chi connectivity index (χ1) is 16.2. The van der Waals surface area contributed by atoms with E-state index in [1.807, 2.05) is 25.1 Å². The summed E-state index contributed by atoms with van der Waals surface area (Å²) in [5.74, 6) is 0.104. The number of aryl methyl sites for hydroxylation is 1. The molecule has 0 aliphatic heterocycles. The highest BCUT2D eigenvalue weighted by molar-refractivity contribution is 14.1. The fourth-order valence-corrected chi connectivity index (χ4v) is 5.41. The van der Waals surface area contributed by atoms with E-state index in [1.54, 1.807) is 24.3 Å². The van der Waals surface area contributed by atoms with Gasteiger partial charge in [0.15, 0.2) is 11.5 Å². The Bertz CT molecular complexity index is 1280. The second-order valence-electron chi connectivity index (χ2n) is 7.18. The van der Waals surface area contributed by atoms with Crippen molar-refractivity contribution in [3.05, 3.63) is 89.1 Å². The molecule has 0 heterocycles. The molecule has 0 saturated heterocycles. The van der Waals surface area contributed by atoms with E-state index in [0.29, 0.717) is 31.7 Å². The van der Waals surface area contributed by atoms with Gasteiger partial charge in [0.2, 0.25) is 0 Å². The molecule has 0 atom stereocenters. The number of carbonyl (C=O) groups is 1. The number of halogens is 4. The zero-order valence-electron chi connectivity index (χ0n) is 18.1. The van der Waals surface area contributed by atoms with Crippen LogP contribution in [0.1, 0.15) is 16.7 Å². The Morgan fingerprint density at radius 2 is 1.82 bits per heavy atom. The average Bonchev–Trinajstić information content (AvgIpc) is 2.79. The summed E-state index contributed by atoms with van der Waals surface area (Å²) in [6.45, 7) is 2.16. The van der Waals surface area contributed by atoms with Gasteiger partial charge in [0, 0.05) is 8.95 Å². The molecule has 9 heteroatoms.